The van der Waals surface area contributed by atoms with Crippen LogP contribution in [0, 0.1) is 0 Å². The van der Waals surface area contributed by atoms with E-state index in [2.05, 4.69) is 58.9 Å². The van der Waals surface area contributed by atoms with Gasteiger partial charge in [-0.05, 0) is 32.3 Å². The zero-order chi connectivity index (χ0) is 32.2. The molecule has 0 spiro atoms. The Kier molecular flexibility index (Phi) is 9.14. The van der Waals surface area contributed by atoms with Crippen molar-refractivity contribution in [2.24, 2.45) is 7.05 Å². The Morgan fingerprint density at radius 1 is 1.11 bits per heavy atom. The number of methoxy groups -OCH3 is 1. The second-order valence-corrected chi connectivity index (χ2v) is 11.3. The molecular weight excluding hydrogens is 570 g/mol. The molecule has 234 valence electrons. The molecule has 3 aromatic heterocycles. The van der Waals surface area contributed by atoms with E-state index in [-0.39, 0.29) is 11.8 Å². The summed E-state index contributed by atoms with van der Waals surface area (Å²) in [5.41, 5.74) is 5.13. The quantitative estimate of drug-likeness (QED) is 0.171. The number of aryl methyl sites for hydroxylation is 1. The summed E-state index contributed by atoms with van der Waals surface area (Å²) < 4.78 is 13.9. The molecule has 5 rings (SSSR count). The van der Waals surface area contributed by atoms with Gasteiger partial charge >= 0.3 is 0 Å². The lowest BCUT2D eigenvalue weighted by atomic mass is 10.1. The molecule has 1 amide bonds. The van der Waals surface area contributed by atoms with Gasteiger partial charge in [-0.3, -0.25) is 4.79 Å². The molecule has 0 atom stereocenters. The maximum Gasteiger partial charge on any atom is 0.251 e. The Labute approximate surface area is 262 Å². The molecule has 0 aliphatic carbocycles. The highest BCUT2D eigenvalue weighted by atomic mass is 16.5. The number of nitrogens with one attached hydrogen (secondary N) is 2. The SMILES string of the molecule is C=CC(=O)Nc1cc(Nc2ncc(-c3nnc(C(C)C)o3)c(-c3cn(C)c4ccccc34)n2)c(OC)cc1N(C)CCN(C)C. The van der Waals surface area contributed by atoms with Crippen molar-refractivity contribution in [1.82, 2.24) is 29.6 Å². The van der Waals surface area contributed by atoms with E-state index in [9.17, 15) is 4.79 Å². The van der Waals surface area contributed by atoms with Crippen LogP contribution in [-0.4, -0.2) is 76.9 Å². The number of anilines is 4. The summed E-state index contributed by atoms with van der Waals surface area (Å²) >= 11 is 0. The first-order valence-electron chi connectivity index (χ1n) is 14.6. The lowest BCUT2D eigenvalue weighted by molar-refractivity contribution is -0.111. The highest BCUT2D eigenvalue weighted by Crippen LogP contribution is 2.40. The number of aromatic nitrogens is 5. The van der Waals surface area contributed by atoms with Gasteiger partial charge in [0.15, 0.2) is 0 Å². The molecule has 12 heteroatoms. The van der Waals surface area contributed by atoms with Crippen LogP contribution in [0.3, 0.4) is 0 Å². The molecule has 0 bridgehead atoms. The van der Waals surface area contributed by atoms with E-state index < -0.39 is 0 Å². The zero-order valence-corrected chi connectivity index (χ0v) is 26.8. The number of hydrogen-bond donors (Lipinski definition) is 2. The molecule has 12 nitrogen and oxygen atoms in total. The third-order valence-corrected chi connectivity index (χ3v) is 7.41. The molecular formula is C33H39N9O3. The van der Waals surface area contributed by atoms with Gasteiger partial charge in [-0.15, -0.1) is 10.2 Å². The van der Waals surface area contributed by atoms with Crippen molar-refractivity contribution in [2.75, 3.05) is 56.9 Å². The van der Waals surface area contributed by atoms with E-state index in [0.29, 0.717) is 46.1 Å². The minimum Gasteiger partial charge on any atom is -0.494 e. The second-order valence-electron chi connectivity index (χ2n) is 11.3. The van der Waals surface area contributed by atoms with Crippen LogP contribution >= 0.6 is 0 Å². The zero-order valence-electron chi connectivity index (χ0n) is 26.8. The number of rotatable bonds is 12. The Balaban J connectivity index is 1.62. The highest BCUT2D eigenvalue weighted by Gasteiger charge is 2.22. The summed E-state index contributed by atoms with van der Waals surface area (Å²) in [6, 6.07) is 11.8. The van der Waals surface area contributed by atoms with Crippen molar-refractivity contribution in [1.29, 1.82) is 0 Å². The van der Waals surface area contributed by atoms with Gasteiger partial charge in [0.2, 0.25) is 17.7 Å². The maximum absolute atomic E-state index is 12.4. The fraction of sp³-hybridized carbons (Fsp3) is 0.303. The number of benzene rings is 2. The second kappa shape index (κ2) is 13.2. The van der Waals surface area contributed by atoms with E-state index in [1.807, 2.05) is 72.5 Å². The fourth-order valence-corrected chi connectivity index (χ4v) is 4.94. The molecule has 0 saturated heterocycles. The van der Waals surface area contributed by atoms with Gasteiger partial charge in [-0.25, -0.2) is 9.97 Å². The van der Waals surface area contributed by atoms with Crippen molar-refractivity contribution < 1.29 is 13.9 Å². The summed E-state index contributed by atoms with van der Waals surface area (Å²) in [6.45, 7) is 9.16. The van der Waals surface area contributed by atoms with Crippen molar-refractivity contribution >= 4 is 39.8 Å². The normalized spacial score (nSPS) is 11.3. The summed E-state index contributed by atoms with van der Waals surface area (Å²) in [6.07, 6.45) is 4.95. The van der Waals surface area contributed by atoms with Gasteiger partial charge in [0.05, 0.1) is 35.4 Å². The average molecular weight is 610 g/mol. The number of amides is 1. The topological polar surface area (TPSA) is 126 Å². The number of carbonyl (C=O) groups is 1. The van der Waals surface area contributed by atoms with Crippen molar-refractivity contribution in [2.45, 2.75) is 19.8 Å². The van der Waals surface area contributed by atoms with Crippen molar-refractivity contribution in [3.05, 3.63) is 67.3 Å². The van der Waals surface area contributed by atoms with Gasteiger partial charge in [0.25, 0.3) is 5.89 Å². The van der Waals surface area contributed by atoms with Gasteiger partial charge in [0, 0.05) is 68.0 Å². The molecule has 0 radical (unpaired) electrons. The lowest BCUT2D eigenvalue weighted by Crippen LogP contribution is -2.29. The van der Waals surface area contributed by atoms with E-state index in [0.717, 1.165) is 35.2 Å². The fourth-order valence-electron chi connectivity index (χ4n) is 4.94. The minimum atomic E-state index is -0.326. The standard InChI is InChI=1S/C33H39N9O3/c1-9-29(43)35-24-16-25(28(44-8)17-27(24)41(6)15-14-40(4)5)36-33-34-18-22(32-39-38-31(45-32)20(2)3)30(37-33)23-19-42(7)26-13-11-10-12-21(23)26/h9-13,16-20H,1,14-15H2,2-8H3,(H,35,43)(H,34,36,37). The number of ether oxygens (including phenoxy) is 1. The van der Waals surface area contributed by atoms with Crippen LogP contribution in [0.4, 0.5) is 23.0 Å². The number of carbonyl (C=O) groups excluding carboxylic acids is 1. The van der Waals surface area contributed by atoms with Crippen LogP contribution in [0.5, 0.6) is 5.75 Å². The van der Waals surface area contributed by atoms with Crippen LogP contribution in [0.15, 0.2) is 65.9 Å². The Morgan fingerprint density at radius 2 is 1.89 bits per heavy atom. The van der Waals surface area contributed by atoms with Gasteiger partial charge in [0.1, 0.15) is 5.75 Å². The number of hydrogen-bond acceptors (Lipinski definition) is 10. The molecule has 0 fully saturated rings. The van der Waals surface area contributed by atoms with Crippen LogP contribution < -0.4 is 20.3 Å². The first-order valence-corrected chi connectivity index (χ1v) is 14.6. The third kappa shape index (κ3) is 6.65. The predicted octanol–water partition coefficient (Wildman–Crippen LogP) is 5.68. The van der Waals surface area contributed by atoms with Crippen molar-refractivity contribution in [3.8, 4) is 28.5 Å². The lowest BCUT2D eigenvalue weighted by Gasteiger charge is -2.26. The third-order valence-electron chi connectivity index (χ3n) is 7.41. The largest absolute Gasteiger partial charge is 0.494 e. The highest BCUT2D eigenvalue weighted by molar-refractivity contribution is 6.02. The molecule has 0 unspecified atom stereocenters. The summed E-state index contributed by atoms with van der Waals surface area (Å²) in [5, 5.41) is 15.8. The number of para-hydroxylation sites is 1. The molecule has 0 saturated carbocycles. The number of nitrogens with zero attached hydrogens (tertiary/aromatic N) is 7. The smallest absolute Gasteiger partial charge is 0.251 e. The van der Waals surface area contributed by atoms with Crippen molar-refractivity contribution in [3.63, 3.8) is 0 Å². The average Bonchev–Trinajstić information content (AvgIpc) is 3.65. The van der Waals surface area contributed by atoms with E-state index in [1.165, 1.54) is 6.08 Å². The van der Waals surface area contributed by atoms with E-state index in [1.54, 1.807) is 13.3 Å². The predicted molar refractivity (Wildman–Crippen MR) is 178 cm³/mol. The van der Waals surface area contributed by atoms with Crippen LogP contribution in [0.2, 0.25) is 0 Å². The van der Waals surface area contributed by atoms with Gasteiger partial charge in [-0.1, -0.05) is 38.6 Å². The van der Waals surface area contributed by atoms with E-state index in [4.69, 9.17) is 14.1 Å². The molecule has 0 aliphatic rings. The Hall–Kier alpha value is -5.23. The number of likely N-dealkylation sites (N-methyl/N-ethyl adjacent to an activating group) is 2. The molecule has 5 aromatic rings. The molecule has 2 N–H and O–H groups in total. The van der Waals surface area contributed by atoms with Gasteiger partial charge < -0.3 is 34.2 Å². The maximum atomic E-state index is 12.4. The Bertz CT molecular complexity index is 1840. The minimum absolute atomic E-state index is 0.0715. The first kappa shape index (κ1) is 31.2. The molecule has 0 aliphatic heterocycles. The molecule has 2 aromatic carbocycles. The molecule has 45 heavy (non-hydrogen) atoms. The summed E-state index contributed by atoms with van der Waals surface area (Å²) in [5.74, 6) is 1.49. The monoisotopic (exact) mass is 609 g/mol. The van der Waals surface area contributed by atoms with Crippen LogP contribution in [-0.2, 0) is 11.8 Å². The first-order chi connectivity index (χ1) is 21.6. The number of fused-ring (bicyclic) bond motifs is 1. The Morgan fingerprint density at radius 3 is 2.58 bits per heavy atom. The van der Waals surface area contributed by atoms with E-state index >= 15 is 0 Å². The van der Waals surface area contributed by atoms with Crippen LogP contribution in [0.1, 0.15) is 25.7 Å². The molecule has 3 heterocycles. The van der Waals surface area contributed by atoms with Gasteiger partial charge in [-0.2, -0.15) is 0 Å². The summed E-state index contributed by atoms with van der Waals surface area (Å²) in [7, 11) is 9.59. The summed E-state index contributed by atoms with van der Waals surface area (Å²) in [4.78, 5) is 26.2. The van der Waals surface area contributed by atoms with Crippen LogP contribution in [0.25, 0.3) is 33.6 Å².